The van der Waals surface area contributed by atoms with Crippen LogP contribution in [-0.4, -0.2) is 26.0 Å². The van der Waals surface area contributed by atoms with Gasteiger partial charge in [-0.3, -0.25) is 9.78 Å². The van der Waals surface area contributed by atoms with Gasteiger partial charge in [-0.05, 0) is 99.2 Å². The number of halogens is 2. The molecule has 0 spiro atoms. The standard InChI is InChI=1S/C29H32F2N4O2/c1-17-13-23(34-26(14-17)35-25-15-19(27(30)31)11-12-32-25)20-5-10-24(33-16-20)29(2,22-8-9-22)21-6-3-18(4-7-21)28(36)37/h5,10-16,18,21-22,27H,3-4,6-9H2,1-2H3,(H,36,37)(H,32,34,35). The van der Waals surface area contributed by atoms with Gasteiger partial charge in [0.25, 0.3) is 6.43 Å². The molecule has 0 amide bonds. The predicted molar refractivity (Wildman–Crippen MR) is 138 cm³/mol. The van der Waals surface area contributed by atoms with Crippen molar-refractivity contribution in [2.45, 2.75) is 64.2 Å². The highest BCUT2D eigenvalue weighted by Crippen LogP contribution is 2.55. The second-order valence-electron chi connectivity index (χ2n) is 10.7. The van der Waals surface area contributed by atoms with Gasteiger partial charge in [0.1, 0.15) is 11.6 Å². The van der Waals surface area contributed by atoms with E-state index in [-0.39, 0.29) is 16.9 Å². The van der Waals surface area contributed by atoms with Gasteiger partial charge in [0.2, 0.25) is 0 Å². The van der Waals surface area contributed by atoms with Crippen LogP contribution in [0.2, 0.25) is 0 Å². The first-order valence-corrected chi connectivity index (χ1v) is 12.9. The maximum atomic E-state index is 13.1. The minimum atomic E-state index is -2.57. The van der Waals surface area contributed by atoms with E-state index in [1.165, 1.54) is 31.2 Å². The third-order valence-electron chi connectivity index (χ3n) is 8.22. The largest absolute Gasteiger partial charge is 0.481 e. The first kappa shape index (κ1) is 25.2. The van der Waals surface area contributed by atoms with Crippen molar-refractivity contribution in [1.29, 1.82) is 0 Å². The van der Waals surface area contributed by atoms with Crippen LogP contribution in [0.15, 0.2) is 48.8 Å². The van der Waals surface area contributed by atoms with E-state index in [2.05, 4.69) is 23.3 Å². The number of nitrogens with zero attached hydrogens (tertiary/aromatic N) is 3. The molecule has 0 aliphatic heterocycles. The highest BCUT2D eigenvalue weighted by molar-refractivity contribution is 5.70. The molecular formula is C29H32F2N4O2. The molecule has 1 unspecified atom stereocenters. The Balaban J connectivity index is 1.37. The molecule has 2 saturated carbocycles. The van der Waals surface area contributed by atoms with Gasteiger partial charge in [0, 0.05) is 34.6 Å². The number of hydrogen-bond donors (Lipinski definition) is 2. The molecule has 2 aliphatic carbocycles. The number of aromatic nitrogens is 3. The zero-order chi connectivity index (χ0) is 26.2. The molecular weight excluding hydrogens is 474 g/mol. The van der Waals surface area contributed by atoms with Crippen molar-refractivity contribution in [2.75, 3.05) is 5.32 Å². The van der Waals surface area contributed by atoms with Crippen molar-refractivity contribution in [3.05, 3.63) is 65.6 Å². The van der Waals surface area contributed by atoms with Gasteiger partial charge in [-0.25, -0.2) is 18.7 Å². The predicted octanol–water partition coefficient (Wildman–Crippen LogP) is 7.09. The van der Waals surface area contributed by atoms with Crippen LogP contribution in [0.5, 0.6) is 0 Å². The van der Waals surface area contributed by atoms with E-state index >= 15 is 0 Å². The van der Waals surface area contributed by atoms with Crippen LogP contribution in [0.3, 0.4) is 0 Å². The monoisotopic (exact) mass is 506 g/mol. The Labute approximate surface area is 215 Å². The molecule has 0 radical (unpaired) electrons. The number of aliphatic carboxylic acids is 1. The van der Waals surface area contributed by atoms with Crippen LogP contribution in [0.25, 0.3) is 11.3 Å². The number of aryl methyl sites for hydroxylation is 1. The summed E-state index contributed by atoms with van der Waals surface area (Å²) >= 11 is 0. The van der Waals surface area contributed by atoms with Crippen LogP contribution in [0, 0.1) is 24.7 Å². The fraction of sp³-hybridized carbons (Fsp3) is 0.448. The Morgan fingerprint density at radius 3 is 2.30 bits per heavy atom. The molecule has 194 valence electrons. The van der Waals surface area contributed by atoms with E-state index in [4.69, 9.17) is 9.97 Å². The number of hydrogen-bond acceptors (Lipinski definition) is 5. The average molecular weight is 507 g/mol. The summed E-state index contributed by atoms with van der Waals surface area (Å²) in [5, 5.41) is 12.4. The van der Waals surface area contributed by atoms with Gasteiger partial charge in [0.05, 0.1) is 11.6 Å². The molecule has 0 bridgehead atoms. The lowest BCUT2D eigenvalue weighted by molar-refractivity contribution is -0.143. The smallest absolute Gasteiger partial charge is 0.306 e. The zero-order valence-corrected chi connectivity index (χ0v) is 21.1. The SMILES string of the molecule is Cc1cc(Nc2cc(C(F)F)ccn2)nc(-c2ccc(C(C)(C3CCC(C(=O)O)CC3)C3CC3)nc2)c1. The quantitative estimate of drug-likeness (QED) is 0.339. The summed E-state index contributed by atoms with van der Waals surface area (Å²) in [4.78, 5) is 25.2. The first-order chi connectivity index (χ1) is 17.7. The Morgan fingerprint density at radius 1 is 1.00 bits per heavy atom. The van der Waals surface area contributed by atoms with Gasteiger partial charge in [0.15, 0.2) is 0 Å². The average Bonchev–Trinajstić information content (AvgIpc) is 3.74. The summed E-state index contributed by atoms with van der Waals surface area (Å²) in [6.07, 6.45) is 6.33. The normalized spacial score (nSPS) is 21.4. The minimum Gasteiger partial charge on any atom is -0.481 e. The molecule has 2 aliphatic rings. The zero-order valence-electron chi connectivity index (χ0n) is 21.1. The van der Waals surface area contributed by atoms with Gasteiger partial charge in [-0.1, -0.05) is 6.92 Å². The second-order valence-corrected chi connectivity index (χ2v) is 10.7. The number of rotatable bonds is 8. The third-order valence-corrected chi connectivity index (χ3v) is 8.22. The van der Waals surface area contributed by atoms with Crippen molar-refractivity contribution < 1.29 is 18.7 Å². The van der Waals surface area contributed by atoms with Crippen LogP contribution in [-0.2, 0) is 10.2 Å². The van der Waals surface area contributed by atoms with Gasteiger partial charge in [-0.15, -0.1) is 0 Å². The lowest BCUT2D eigenvalue weighted by atomic mass is 9.63. The molecule has 2 N–H and O–H groups in total. The summed E-state index contributed by atoms with van der Waals surface area (Å²) in [6.45, 7) is 4.27. The Bertz CT molecular complexity index is 1270. The third kappa shape index (κ3) is 5.33. The molecule has 0 saturated heterocycles. The van der Waals surface area contributed by atoms with Crippen molar-refractivity contribution in [2.24, 2.45) is 17.8 Å². The summed E-state index contributed by atoms with van der Waals surface area (Å²) in [5.74, 6) is 0.952. The van der Waals surface area contributed by atoms with E-state index in [1.54, 1.807) is 0 Å². The first-order valence-electron chi connectivity index (χ1n) is 12.9. The van der Waals surface area contributed by atoms with Gasteiger partial charge in [-0.2, -0.15) is 0 Å². The maximum absolute atomic E-state index is 13.1. The molecule has 5 rings (SSSR count). The lowest BCUT2D eigenvalue weighted by Crippen LogP contribution is -2.38. The van der Waals surface area contributed by atoms with Crippen molar-refractivity contribution in [1.82, 2.24) is 15.0 Å². The van der Waals surface area contributed by atoms with E-state index < -0.39 is 12.4 Å². The number of alkyl halides is 2. The Kier molecular flexibility index (Phi) is 6.92. The fourth-order valence-corrected chi connectivity index (χ4v) is 5.90. The second kappa shape index (κ2) is 10.1. The van der Waals surface area contributed by atoms with Crippen molar-refractivity contribution >= 4 is 17.6 Å². The minimum absolute atomic E-state index is 0.0594. The van der Waals surface area contributed by atoms with Gasteiger partial charge < -0.3 is 10.4 Å². The number of nitrogens with one attached hydrogen (secondary N) is 1. The van der Waals surface area contributed by atoms with Crippen molar-refractivity contribution in [3.63, 3.8) is 0 Å². The van der Waals surface area contributed by atoms with Crippen LogP contribution < -0.4 is 5.32 Å². The summed E-state index contributed by atoms with van der Waals surface area (Å²) in [5.41, 5.74) is 3.49. The Hall–Kier alpha value is -3.42. The van der Waals surface area contributed by atoms with Crippen molar-refractivity contribution in [3.8, 4) is 11.3 Å². The number of carboxylic acids is 1. The highest BCUT2D eigenvalue weighted by Gasteiger charge is 2.49. The summed E-state index contributed by atoms with van der Waals surface area (Å²) < 4.78 is 26.1. The molecule has 6 nitrogen and oxygen atoms in total. The topological polar surface area (TPSA) is 88.0 Å². The number of carboxylic acid groups (broad SMARTS) is 1. The molecule has 37 heavy (non-hydrogen) atoms. The molecule has 8 heteroatoms. The van der Waals surface area contributed by atoms with E-state index in [1.807, 2.05) is 31.3 Å². The van der Waals surface area contributed by atoms with Crippen LogP contribution >= 0.6 is 0 Å². The summed E-state index contributed by atoms with van der Waals surface area (Å²) in [7, 11) is 0. The van der Waals surface area contributed by atoms with E-state index in [9.17, 15) is 18.7 Å². The number of carbonyl (C=O) groups is 1. The molecule has 0 aromatic carbocycles. The number of anilines is 2. The lowest BCUT2D eigenvalue weighted by Gasteiger charge is -2.41. The highest BCUT2D eigenvalue weighted by atomic mass is 19.3. The summed E-state index contributed by atoms with van der Waals surface area (Å²) in [6, 6.07) is 10.6. The van der Waals surface area contributed by atoms with E-state index in [0.717, 1.165) is 48.2 Å². The molecule has 3 heterocycles. The maximum Gasteiger partial charge on any atom is 0.306 e. The molecule has 2 fully saturated rings. The molecule has 3 aromatic rings. The van der Waals surface area contributed by atoms with Crippen LogP contribution in [0.4, 0.5) is 20.4 Å². The van der Waals surface area contributed by atoms with Crippen LogP contribution in [0.1, 0.15) is 68.7 Å². The van der Waals surface area contributed by atoms with E-state index in [0.29, 0.717) is 23.5 Å². The fourth-order valence-electron chi connectivity index (χ4n) is 5.90. The molecule has 3 aromatic heterocycles. The molecule has 1 atom stereocenters. The Morgan fingerprint density at radius 2 is 1.70 bits per heavy atom. The number of pyridine rings is 3. The van der Waals surface area contributed by atoms with Gasteiger partial charge >= 0.3 is 5.97 Å².